The first-order valence-electron chi connectivity index (χ1n) is 19.3. The van der Waals surface area contributed by atoms with E-state index >= 15 is 0 Å². The number of hydrogen-bond acceptors (Lipinski definition) is 22. The Morgan fingerprint density at radius 1 is 0.526 bits per heavy atom. The van der Waals surface area contributed by atoms with Gasteiger partial charge in [0.25, 0.3) is 0 Å². The van der Waals surface area contributed by atoms with E-state index in [-0.39, 0.29) is 5.92 Å². The molecule has 0 bridgehead atoms. The van der Waals surface area contributed by atoms with Crippen LogP contribution in [0.5, 0.6) is 0 Å². The lowest BCUT2D eigenvalue weighted by Gasteiger charge is -2.48. The summed E-state index contributed by atoms with van der Waals surface area (Å²) >= 11 is 0. The van der Waals surface area contributed by atoms with E-state index in [0.29, 0.717) is 0 Å². The summed E-state index contributed by atoms with van der Waals surface area (Å²) in [6, 6.07) is 0. The van der Waals surface area contributed by atoms with Crippen LogP contribution in [-0.2, 0) is 42.6 Å². The van der Waals surface area contributed by atoms with Gasteiger partial charge in [-0.2, -0.15) is 0 Å². The molecule has 4 aliphatic heterocycles. The highest BCUT2D eigenvalue weighted by Gasteiger charge is 2.52. The molecule has 4 fully saturated rings. The van der Waals surface area contributed by atoms with E-state index < -0.39 is 180 Å². The van der Waals surface area contributed by atoms with Crippen molar-refractivity contribution in [2.75, 3.05) is 39.6 Å². The molecule has 57 heavy (non-hydrogen) atoms. The first-order chi connectivity index (χ1) is 26.9. The zero-order chi connectivity index (χ0) is 42.5. The Hall–Kier alpha value is -0.880. The number of hydrogen-bond donors (Lipinski definition) is 13. The van der Waals surface area contributed by atoms with Gasteiger partial charge in [0.1, 0.15) is 73.2 Å². The third-order valence-electron chi connectivity index (χ3n) is 11.4. The van der Waals surface area contributed by atoms with Gasteiger partial charge < -0.3 is 109 Å². The molecule has 24 atom stereocenters. The standard InChI is InChI=1S/C35H64O22/c1-12-16(5)50-20(9-39)29(24(12)44)55-33-14(3)25(45)30(21(10-40)53-33)56-34(17(42)6-36)54-22(15(4)41)11-49-35-31(28(48)27(47)19(8-38)52-35)57-32-13(2)23(43)26(46)18(7-37)51-32/h12-48H,6-11H2,1-5H3/t12-,13?,14+,15+,16+,17-,18+,19?,20?,21?,22?,23?,24?,25?,26-,27-,28?,29-,30-,31-,32+,33+,34+,35+/m1/s1. The van der Waals surface area contributed by atoms with Gasteiger partial charge in [-0.25, -0.2) is 0 Å². The van der Waals surface area contributed by atoms with Gasteiger partial charge in [0.15, 0.2) is 25.2 Å². The minimum absolute atomic E-state index is 0.385. The molecule has 4 saturated heterocycles. The molecule has 0 radical (unpaired) electrons. The summed E-state index contributed by atoms with van der Waals surface area (Å²) in [7, 11) is 0. The minimum Gasteiger partial charge on any atom is -0.394 e. The predicted molar refractivity (Wildman–Crippen MR) is 186 cm³/mol. The molecule has 22 heteroatoms. The summed E-state index contributed by atoms with van der Waals surface area (Å²) in [6.45, 7) is 3.49. The highest BCUT2D eigenvalue weighted by Crippen LogP contribution is 2.36. The van der Waals surface area contributed by atoms with Crippen molar-refractivity contribution in [3.8, 4) is 0 Å². The molecule has 9 unspecified atom stereocenters. The maximum atomic E-state index is 11.4. The Morgan fingerprint density at radius 2 is 1.00 bits per heavy atom. The van der Waals surface area contributed by atoms with Crippen LogP contribution in [0.25, 0.3) is 0 Å². The van der Waals surface area contributed by atoms with Gasteiger partial charge in [0, 0.05) is 17.8 Å². The van der Waals surface area contributed by atoms with Crippen LogP contribution in [-0.4, -0.2) is 235 Å². The van der Waals surface area contributed by atoms with Crippen LogP contribution in [0.3, 0.4) is 0 Å². The van der Waals surface area contributed by atoms with E-state index in [9.17, 15) is 66.4 Å². The molecule has 0 aromatic carbocycles. The Morgan fingerprint density at radius 3 is 1.54 bits per heavy atom. The first kappa shape index (κ1) is 48.8. The zero-order valence-electron chi connectivity index (χ0n) is 32.6. The Kier molecular flexibility index (Phi) is 18.6. The molecule has 0 saturated carbocycles. The van der Waals surface area contributed by atoms with Gasteiger partial charge in [0.05, 0.1) is 70.2 Å². The van der Waals surface area contributed by atoms with Gasteiger partial charge in [0.2, 0.25) is 0 Å². The van der Waals surface area contributed by atoms with Gasteiger partial charge in [-0.1, -0.05) is 20.8 Å². The average molecular weight is 837 g/mol. The summed E-state index contributed by atoms with van der Waals surface area (Å²) in [5.74, 6) is -2.24. The van der Waals surface area contributed by atoms with Gasteiger partial charge in [-0.05, 0) is 13.8 Å². The molecule has 336 valence electrons. The van der Waals surface area contributed by atoms with E-state index in [2.05, 4.69) is 0 Å². The van der Waals surface area contributed by atoms with Crippen LogP contribution < -0.4 is 0 Å². The zero-order valence-corrected chi connectivity index (χ0v) is 32.6. The van der Waals surface area contributed by atoms with E-state index in [1.807, 2.05) is 0 Å². The highest BCUT2D eigenvalue weighted by atomic mass is 16.8. The summed E-state index contributed by atoms with van der Waals surface area (Å²) in [4.78, 5) is 0. The van der Waals surface area contributed by atoms with E-state index in [4.69, 9.17) is 42.6 Å². The maximum absolute atomic E-state index is 11.4. The van der Waals surface area contributed by atoms with Crippen molar-refractivity contribution in [2.45, 2.75) is 164 Å². The number of rotatable bonds is 18. The number of aliphatic hydroxyl groups is 13. The second kappa shape index (κ2) is 21.8. The molecule has 4 aliphatic rings. The van der Waals surface area contributed by atoms with Crippen molar-refractivity contribution in [1.82, 2.24) is 0 Å². The third kappa shape index (κ3) is 11.1. The van der Waals surface area contributed by atoms with E-state index in [1.165, 1.54) is 20.8 Å². The molecule has 0 amide bonds. The van der Waals surface area contributed by atoms with Crippen LogP contribution in [0.4, 0.5) is 0 Å². The topological polar surface area (TPSA) is 346 Å². The molecule has 0 spiro atoms. The lowest BCUT2D eigenvalue weighted by atomic mass is 9.88. The number of aliphatic hydroxyl groups excluding tert-OH is 13. The fourth-order valence-electron chi connectivity index (χ4n) is 7.24. The van der Waals surface area contributed by atoms with Gasteiger partial charge in [-0.15, -0.1) is 0 Å². The van der Waals surface area contributed by atoms with Gasteiger partial charge >= 0.3 is 0 Å². The second-order valence-electron chi connectivity index (χ2n) is 15.4. The summed E-state index contributed by atoms with van der Waals surface area (Å²) in [5.41, 5.74) is 0. The molecular weight excluding hydrogens is 772 g/mol. The number of ether oxygens (including phenoxy) is 9. The largest absolute Gasteiger partial charge is 0.394 e. The fraction of sp³-hybridized carbons (Fsp3) is 1.00. The van der Waals surface area contributed by atoms with Crippen LogP contribution in [0.2, 0.25) is 0 Å². The second-order valence-corrected chi connectivity index (χ2v) is 15.4. The molecule has 0 aliphatic carbocycles. The monoisotopic (exact) mass is 836 g/mol. The lowest BCUT2D eigenvalue weighted by Crippen LogP contribution is -2.63. The molecule has 4 heterocycles. The van der Waals surface area contributed by atoms with Crippen LogP contribution in [0, 0.1) is 17.8 Å². The van der Waals surface area contributed by atoms with Crippen molar-refractivity contribution in [3.05, 3.63) is 0 Å². The Labute approximate surface area is 329 Å². The molecule has 22 nitrogen and oxygen atoms in total. The predicted octanol–water partition coefficient (Wildman–Crippen LogP) is -6.39. The van der Waals surface area contributed by atoms with Crippen molar-refractivity contribution in [2.24, 2.45) is 17.8 Å². The maximum Gasteiger partial charge on any atom is 0.187 e. The third-order valence-corrected chi connectivity index (χ3v) is 11.4. The minimum atomic E-state index is -1.83. The molecule has 0 aromatic rings. The average Bonchev–Trinajstić information content (AvgIpc) is 3.20. The molecule has 0 aromatic heterocycles. The lowest BCUT2D eigenvalue weighted by molar-refractivity contribution is -0.367. The van der Waals surface area contributed by atoms with Crippen molar-refractivity contribution >= 4 is 0 Å². The van der Waals surface area contributed by atoms with E-state index in [0.717, 1.165) is 0 Å². The van der Waals surface area contributed by atoms with Crippen LogP contribution in [0.15, 0.2) is 0 Å². The van der Waals surface area contributed by atoms with Crippen LogP contribution in [0.1, 0.15) is 34.6 Å². The smallest absolute Gasteiger partial charge is 0.187 e. The first-order valence-corrected chi connectivity index (χ1v) is 19.3. The summed E-state index contributed by atoms with van der Waals surface area (Å²) < 4.78 is 52.6. The summed E-state index contributed by atoms with van der Waals surface area (Å²) in [6.07, 6.45) is -29.1. The Balaban J connectivity index is 1.48. The van der Waals surface area contributed by atoms with Crippen molar-refractivity contribution in [1.29, 1.82) is 0 Å². The molecular formula is C35H64O22. The van der Waals surface area contributed by atoms with Crippen molar-refractivity contribution < 1.29 is 109 Å². The van der Waals surface area contributed by atoms with E-state index in [1.54, 1.807) is 13.8 Å². The quantitative estimate of drug-likeness (QED) is 0.0571. The van der Waals surface area contributed by atoms with Crippen LogP contribution >= 0.6 is 0 Å². The fourth-order valence-corrected chi connectivity index (χ4v) is 7.24. The summed E-state index contributed by atoms with van der Waals surface area (Å²) in [5, 5.41) is 136. The van der Waals surface area contributed by atoms with Gasteiger partial charge in [-0.3, -0.25) is 0 Å². The highest BCUT2D eigenvalue weighted by molar-refractivity contribution is 4.95. The normalized spacial score (nSPS) is 46.6. The Bertz CT molecular complexity index is 1170. The van der Waals surface area contributed by atoms with Crippen molar-refractivity contribution in [3.63, 3.8) is 0 Å². The molecule has 4 rings (SSSR count). The molecule has 13 N–H and O–H groups in total. The SMILES string of the molecule is CC1C(O)[C@H](O)[C@H](CO)O[C@H]1O[C@@H]1C(O)[C@H](O)C(CO)O[C@@H]1OCC(O[C@@H](O[C@@H]1C(CO)O[C@@H](O[C@@H]2C(CO)O[C@@H](C)[C@@H](C)C2O)[C@@H](C)C1O)[C@H](O)CO)[C@H](C)O.